The molecule has 0 unspecified atom stereocenters. The predicted molar refractivity (Wildman–Crippen MR) is 89.0 cm³/mol. The molecule has 0 radical (unpaired) electrons. The van der Waals surface area contributed by atoms with Crippen molar-refractivity contribution in [1.29, 1.82) is 0 Å². The van der Waals surface area contributed by atoms with Crippen LogP contribution in [-0.2, 0) is 10.8 Å². The van der Waals surface area contributed by atoms with Crippen molar-refractivity contribution < 1.29 is 0 Å². The zero-order chi connectivity index (χ0) is 14.4. The Labute approximate surface area is 125 Å². The number of rotatable bonds is 0. The third-order valence-electron chi connectivity index (χ3n) is 3.57. The molecule has 0 N–H and O–H groups in total. The van der Waals surface area contributed by atoms with E-state index in [2.05, 4.69) is 87.8 Å². The largest absolute Gasteiger partial charge is 0.0605 e. The molecular formula is C18H23Br. The fourth-order valence-corrected chi connectivity index (χ4v) is 3.25. The first kappa shape index (κ1) is 14.6. The van der Waals surface area contributed by atoms with Gasteiger partial charge in [0.2, 0.25) is 0 Å². The maximum absolute atomic E-state index is 3.67. The quantitative estimate of drug-likeness (QED) is 0.542. The highest BCUT2D eigenvalue weighted by Gasteiger charge is 2.27. The van der Waals surface area contributed by atoms with E-state index >= 15 is 0 Å². The molecule has 0 heterocycles. The van der Waals surface area contributed by atoms with Crippen molar-refractivity contribution in [1.82, 2.24) is 0 Å². The Morgan fingerprint density at radius 1 is 0.737 bits per heavy atom. The SMILES string of the molecule is CC(C)(C)c1ccc2c(Br)cccc2c1C(C)(C)C. The van der Waals surface area contributed by atoms with Crippen LogP contribution in [0.3, 0.4) is 0 Å². The lowest BCUT2D eigenvalue weighted by Crippen LogP contribution is -2.22. The van der Waals surface area contributed by atoms with Gasteiger partial charge in [-0.2, -0.15) is 0 Å². The summed E-state index contributed by atoms with van der Waals surface area (Å²) in [5.74, 6) is 0. The summed E-state index contributed by atoms with van der Waals surface area (Å²) >= 11 is 3.67. The van der Waals surface area contributed by atoms with E-state index < -0.39 is 0 Å². The molecule has 0 atom stereocenters. The summed E-state index contributed by atoms with van der Waals surface area (Å²) < 4.78 is 1.18. The van der Waals surface area contributed by atoms with E-state index in [1.54, 1.807) is 0 Å². The first-order chi connectivity index (χ1) is 8.62. The standard InChI is InChI=1S/C18H23Br/c1-17(2,3)14-11-10-12-13(8-7-9-15(12)19)16(14)18(4,5)6/h7-11H,1-6H3. The normalized spacial score (nSPS) is 13.0. The predicted octanol–water partition coefficient (Wildman–Crippen LogP) is 6.20. The van der Waals surface area contributed by atoms with Crippen LogP contribution < -0.4 is 0 Å². The minimum atomic E-state index is 0.142. The first-order valence-corrected chi connectivity index (χ1v) is 7.64. The molecule has 0 bridgehead atoms. The Morgan fingerprint density at radius 2 is 1.37 bits per heavy atom. The lowest BCUT2D eigenvalue weighted by atomic mass is 9.73. The lowest BCUT2D eigenvalue weighted by Gasteiger charge is -2.31. The average Bonchev–Trinajstić information content (AvgIpc) is 2.25. The van der Waals surface area contributed by atoms with Crippen molar-refractivity contribution in [3.05, 3.63) is 45.9 Å². The molecule has 19 heavy (non-hydrogen) atoms. The van der Waals surface area contributed by atoms with Crippen LogP contribution in [0.15, 0.2) is 34.8 Å². The molecule has 0 aromatic heterocycles. The van der Waals surface area contributed by atoms with Crippen molar-refractivity contribution in [3.8, 4) is 0 Å². The number of halogens is 1. The van der Waals surface area contributed by atoms with Gasteiger partial charge in [0, 0.05) is 4.47 Å². The fraction of sp³-hybridized carbons (Fsp3) is 0.444. The Hall–Kier alpha value is -0.820. The molecule has 0 saturated heterocycles. The molecule has 0 aliphatic rings. The molecule has 0 aliphatic heterocycles. The van der Waals surface area contributed by atoms with Gasteiger partial charge < -0.3 is 0 Å². The van der Waals surface area contributed by atoms with Crippen molar-refractivity contribution >= 4 is 26.7 Å². The highest BCUT2D eigenvalue weighted by Crippen LogP contribution is 2.40. The van der Waals surface area contributed by atoms with E-state index in [0.717, 1.165) is 0 Å². The Balaban J connectivity index is 2.94. The van der Waals surface area contributed by atoms with E-state index in [4.69, 9.17) is 0 Å². The average molecular weight is 319 g/mol. The molecule has 2 aromatic carbocycles. The molecule has 0 amide bonds. The van der Waals surface area contributed by atoms with E-state index in [0.29, 0.717) is 0 Å². The fourth-order valence-electron chi connectivity index (χ4n) is 2.75. The van der Waals surface area contributed by atoms with Crippen molar-refractivity contribution in [2.24, 2.45) is 0 Å². The number of benzene rings is 2. The van der Waals surface area contributed by atoms with Crippen LogP contribution in [0.25, 0.3) is 10.8 Å². The van der Waals surface area contributed by atoms with Crippen LogP contribution in [0.5, 0.6) is 0 Å². The highest BCUT2D eigenvalue weighted by molar-refractivity contribution is 9.10. The number of hydrogen-bond donors (Lipinski definition) is 0. The van der Waals surface area contributed by atoms with Gasteiger partial charge in [-0.05, 0) is 38.8 Å². The van der Waals surface area contributed by atoms with Gasteiger partial charge in [-0.25, -0.2) is 0 Å². The summed E-state index contributed by atoms with van der Waals surface area (Å²) in [5, 5.41) is 2.68. The number of fused-ring (bicyclic) bond motifs is 1. The van der Waals surface area contributed by atoms with Crippen molar-refractivity contribution in [2.45, 2.75) is 52.4 Å². The van der Waals surface area contributed by atoms with Crippen molar-refractivity contribution in [2.75, 3.05) is 0 Å². The van der Waals surface area contributed by atoms with Gasteiger partial charge in [-0.1, -0.05) is 81.7 Å². The highest BCUT2D eigenvalue weighted by atomic mass is 79.9. The summed E-state index contributed by atoms with van der Waals surface area (Å²) in [7, 11) is 0. The van der Waals surface area contributed by atoms with Gasteiger partial charge in [-0.15, -0.1) is 0 Å². The first-order valence-electron chi connectivity index (χ1n) is 6.84. The van der Waals surface area contributed by atoms with Gasteiger partial charge >= 0.3 is 0 Å². The molecule has 1 heteroatoms. The number of hydrogen-bond acceptors (Lipinski definition) is 0. The van der Waals surface area contributed by atoms with Gasteiger partial charge in [0.15, 0.2) is 0 Å². The zero-order valence-corrected chi connectivity index (χ0v) is 14.4. The topological polar surface area (TPSA) is 0 Å². The Morgan fingerprint density at radius 3 is 1.89 bits per heavy atom. The van der Waals surface area contributed by atoms with Crippen LogP contribution >= 0.6 is 15.9 Å². The van der Waals surface area contributed by atoms with Gasteiger partial charge in [0.25, 0.3) is 0 Å². The van der Waals surface area contributed by atoms with Gasteiger partial charge in [0.1, 0.15) is 0 Å². The van der Waals surface area contributed by atoms with E-state index in [1.807, 2.05) is 0 Å². The van der Waals surface area contributed by atoms with Gasteiger partial charge in [0.05, 0.1) is 0 Å². The van der Waals surface area contributed by atoms with E-state index in [9.17, 15) is 0 Å². The second-order valence-electron chi connectivity index (χ2n) is 7.32. The minimum absolute atomic E-state index is 0.142. The molecule has 0 fully saturated rings. The van der Waals surface area contributed by atoms with Crippen LogP contribution in [0.2, 0.25) is 0 Å². The second-order valence-corrected chi connectivity index (χ2v) is 8.18. The van der Waals surface area contributed by atoms with E-state index in [1.165, 1.54) is 26.4 Å². The van der Waals surface area contributed by atoms with E-state index in [-0.39, 0.29) is 10.8 Å². The Bertz CT molecular complexity index is 610. The minimum Gasteiger partial charge on any atom is -0.0605 e. The summed E-state index contributed by atoms with van der Waals surface area (Å²) in [6.07, 6.45) is 0. The molecule has 2 aromatic rings. The Kier molecular flexibility index (Phi) is 3.55. The maximum atomic E-state index is 3.67. The maximum Gasteiger partial charge on any atom is 0.0253 e. The molecule has 0 aliphatic carbocycles. The van der Waals surface area contributed by atoms with Crippen LogP contribution in [0, 0.1) is 0 Å². The second kappa shape index (κ2) is 4.63. The zero-order valence-electron chi connectivity index (χ0n) is 12.8. The summed E-state index contributed by atoms with van der Waals surface area (Å²) in [5.41, 5.74) is 3.23. The summed E-state index contributed by atoms with van der Waals surface area (Å²) in [6, 6.07) is 11.0. The smallest absolute Gasteiger partial charge is 0.0253 e. The molecule has 0 saturated carbocycles. The molecule has 2 rings (SSSR count). The molecule has 0 nitrogen and oxygen atoms in total. The van der Waals surface area contributed by atoms with Crippen LogP contribution in [0.4, 0.5) is 0 Å². The third kappa shape index (κ3) is 2.72. The van der Waals surface area contributed by atoms with Crippen molar-refractivity contribution in [3.63, 3.8) is 0 Å². The van der Waals surface area contributed by atoms with Gasteiger partial charge in [-0.3, -0.25) is 0 Å². The summed E-state index contributed by atoms with van der Waals surface area (Å²) in [4.78, 5) is 0. The molecular weight excluding hydrogens is 296 g/mol. The van der Waals surface area contributed by atoms with Crippen LogP contribution in [-0.4, -0.2) is 0 Å². The molecule has 0 spiro atoms. The third-order valence-corrected chi connectivity index (χ3v) is 4.26. The van der Waals surface area contributed by atoms with Crippen LogP contribution in [0.1, 0.15) is 52.7 Å². The lowest BCUT2D eigenvalue weighted by molar-refractivity contribution is 0.534. The monoisotopic (exact) mass is 318 g/mol. The molecule has 102 valence electrons. The summed E-state index contributed by atoms with van der Waals surface area (Å²) in [6.45, 7) is 13.8.